The first-order chi connectivity index (χ1) is 16.9. The highest BCUT2D eigenvalue weighted by Crippen LogP contribution is 2.49. The van der Waals surface area contributed by atoms with Crippen molar-refractivity contribution >= 4 is 17.7 Å². The molecule has 0 radical (unpaired) electrons. The Labute approximate surface area is 213 Å². The van der Waals surface area contributed by atoms with E-state index in [0.29, 0.717) is 25.7 Å². The van der Waals surface area contributed by atoms with E-state index < -0.39 is 29.1 Å². The Bertz CT molecular complexity index is 1100. The lowest BCUT2D eigenvalue weighted by atomic mass is 9.73. The highest BCUT2D eigenvalue weighted by molar-refractivity contribution is 5.94. The highest BCUT2D eigenvalue weighted by Gasteiger charge is 2.58. The molecule has 0 saturated carbocycles. The zero-order chi connectivity index (χ0) is 26.3. The van der Waals surface area contributed by atoms with E-state index in [4.69, 9.17) is 14.2 Å². The quantitative estimate of drug-likeness (QED) is 0.599. The van der Waals surface area contributed by atoms with E-state index in [1.165, 1.54) is 0 Å². The largest absolute Gasteiger partial charge is 0.496 e. The first-order valence-corrected chi connectivity index (χ1v) is 12.5. The minimum atomic E-state index is -1.42. The molecule has 1 aromatic carbocycles. The number of anilines is 1. The number of amides is 2. The van der Waals surface area contributed by atoms with Crippen molar-refractivity contribution in [2.75, 3.05) is 19.1 Å². The van der Waals surface area contributed by atoms with Gasteiger partial charge in [0.1, 0.15) is 23.2 Å². The van der Waals surface area contributed by atoms with Crippen LogP contribution < -0.4 is 15.0 Å². The van der Waals surface area contributed by atoms with Crippen molar-refractivity contribution in [1.29, 1.82) is 0 Å². The fourth-order valence-corrected chi connectivity index (χ4v) is 5.78. The zero-order valence-corrected chi connectivity index (χ0v) is 22.1. The molecule has 2 amide bonds. The predicted molar refractivity (Wildman–Crippen MR) is 137 cm³/mol. The minimum absolute atomic E-state index is 0.00786. The standard InChI is InChI=1S/C28H38N2O6/c1-18-9-7-8-11-28(33)16-23(35-25(32)29-28)27(4)17-26(3,36-27)12-10-24(31)30(5)21-14-20(13-18)15-22(34-6)19(21)2/h7-9,14-15,23,33H,10-13,16-17H2,1-6H3,(H,29,32)/b8-7+,18-9+/t23-,26-,27+,28+/m0/s1. The molecule has 4 aliphatic heterocycles. The average Bonchev–Trinajstić information content (AvgIpc) is 2.78. The van der Waals surface area contributed by atoms with Crippen LogP contribution in [0.3, 0.4) is 0 Å². The van der Waals surface area contributed by atoms with Gasteiger partial charge < -0.3 is 24.2 Å². The first-order valence-electron chi connectivity index (χ1n) is 12.5. The Morgan fingerprint density at radius 3 is 2.64 bits per heavy atom. The molecule has 4 heterocycles. The summed E-state index contributed by atoms with van der Waals surface area (Å²) in [6.07, 6.45) is 7.08. The van der Waals surface area contributed by atoms with E-state index in [2.05, 4.69) is 5.32 Å². The fourth-order valence-electron chi connectivity index (χ4n) is 5.78. The number of hydrogen-bond acceptors (Lipinski definition) is 6. The number of ether oxygens (including phenoxy) is 3. The maximum Gasteiger partial charge on any atom is 0.409 e. The van der Waals surface area contributed by atoms with E-state index in [9.17, 15) is 14.7 Å². The number of aliphatic hydroxyl groups is 1. The summed E-state index contributed by atoms with van der Waals surface area (Å²) in [6, 6.07) is 4.05. The minimum Gasteiger partial charge on any atom is -0.496 e. The van der Waals surface area contributed by atoms with Gasteiger partial charge in [-0.1, -0.05) is 23.8 Å². The molecule has 4 atom stereocenters. The van der Waals surface area contributed by atoms with Crippen LogP contribution in [0, 0.1) is 6.92 Å². The van der Waals surface area contributed by atoms with E-state index >= 15 is 0 Å². The van der Waals surface area contributed by atoms with Gasteiger partial charge in [-0.25, -0.2) is 4.79 Å². The molecule has 0 unspecified atom stereocenters. The summed E-state index contributed by atoms with van der Waals surface area (Å²) in [5, 5.41) is 13.7. The molecule has 2 fully saturated rings. The van der Waals surface area contributed by atoms with Gasteiger partial charge >= 0.3 is 6.09 Å². The van der Waals surface area contributed by atoms with Gasteiger partial charge in [0.05, 0.1) is 18.4 Å². The zero-order valence-electron chi connectivity index (χ0n) is 22.1. The molecule has 5 rings (SSSR count). The number of allylic oxidation sites excluding steroid dienone is 3. The van der Waals surface area contributed by atoms with Crippen LogP contribution in [-0.4, -0.2) is 54.3 Å². The maximum absolute atomic E-state index is 13.2. The van der Waals surface area contributed by atoms with Crippen LogP contribution in [0.25, 0.3) is 0 Å². The van der Waals surface area contributed by atoms with Crippen LogP contribution in [-0.2, 0) is 20.7 Å². The molecule has 0 spiro atoms. The van der Waals surface area contributed by atoms with Crippen molar-refractivity contribution in [2.45, 2.75) is 89.3 Å². The van der Waals surface area contributed by atoms with Gasteiger partial charge in [-0.15, -0.1) is 0 Å². The van der Waals surface area contributed by atoms with Gasteiger partial charge in [0.15, 0.2) is 0 Å². The van der Waals surface area contributed by atoms with Crippen LogP contribution in [0.5, 0.6) is 5.75 Å². The monoisotopic (exact) mass is 498 g/mol. The van der Waals surface area contributed by atoms with Crippen molar-refractivity contribution in [2.24, 2.45) is 0 Å². The summed E-state index contributed by atoms with van der Waals surface area (Å²) in [6.45, 7) is 7.87. The number of nitrogens with one attached hydrogen (secondary N) is 1. The Balaban J connectivity index is 1.67. The first kappa shape index (κ1) is 26.2. The van der Waals surface area contributed by atoms with Crippen molar-refractivity contribution in [1.82, 2.24) is 5.32 Å². The van der Waals surface area contributed by atoms with Gasteiger partial charge in [-0.3, -0.25) is 10.1 Å². The van der Waals surface area contributed by atoms with Crippen LogP contribution in [0.2, 0.25) is 0 Å². The molecule has 4 aliphatic rings. The molecule has 36 heavy (non-hydrogen) atoms. The number of fused-ring (bicyclic) bond motifs is 6. The van der Waals surface area contributed by atoms with E-state index in [1.807, 2.05) is 58.1 Å². The van der Waals surface area contributed by atoms with Gasteiger partial charge in [0, 0.05) is 38.3 Å². The summed E-state index contributed by atoms with van der Waals surface area (Å²) < 4.78 is 17.5. The average molecular weight is 499 g/mol. The summed E-state index contributed by atoms with van der Waals surface area (Å²) in [5.74, 6) is 0.734. The van der Waals surface area contributed by atoms with Crippen LogP contribution in [0.4, 0.5) is 10.5 Å². The van der Waals surface area contributed by atoms with Gasteiger partial charge in [-0.05, 0) is 58.2 Å². The number of alkyl carbamates (subject to hydrolysis) is 1. The van der Waals surface area contributed by atoms with Gasteiger partial charge in [0.2, 0.25) is 5.91 Å². The Morgan fingerprint density at radius 1 is 1.22 bits per heavy atom. The predicted octanol–water partition coefficient (Wildman–Crippen LogP) is 4.32. The number of benzene rings is 1. The molecule has 2 N–H and O–H groups in total. The second kappa shape index (κ2) is 9.56. The molecular formula is C28H38N2O6. The fraction of sp³-hybridized carbons (Fsp3) is 0.571. The summed E-state index contributed by atoms with van der Waals surface area (Å²) in [4.78, 5) is 27.2. The summed E-state index contributed by atoms with van der Waals surface area (Å²) in [7, 11) is 3.44. The van der Waals surface area contributed by atoms with Crippen LogP contribution in [0.15, 0.2) is 35.9 Å². The second-order valence-electron chi connectivity index (χ2n) is 11.0. The molecule has 6 bridgehead atoms. The lowest BCUT2D eigenvalue weighted by Gasteiger charge is -2.57. The van der Waals surface area contributed by atoms with Crippen molar-refractivity contribution in [3.8, 4) is 5.75 Å². The maximum atomic E-state index is 13.2. The normalized spacial score (nSPS) is 35.6. The Hall–Kier alpha value is -2.84. The summed E-state index contributed by atoms with van der Waals surface area (Å²) in [5.41, 5.74) is 1.22. The third-order valence-electron chi connectivity index (χ3n) is 7.66. The number of methoxy groups -OCH3 is 1. The topological polar surface area (TPSA) is 97.3 Å². The number of carbonyl (C=O) groups is 2. The number of nitrogens with zero attached hydrogens (tertiary/aromatic N) is 1. The smallest absolute Gasteiger partial charge is 0.409 e. The van der Waals surface area contributed by atoms with Gasteiger partial charge in [0.25, 0.3) is 0 Å². The second-order valence-corrected chi connectivity index (χ2v) is 11.0. The van der Waals surface area contributed by atoms with Crippen molar-refractivity contribution in [3.63, 3.8) is 0 Å². The highest BCUT2D eigenvalue weighted by atomic mass is 16.6. The Morgan fingerprint density at radius 2 is 1.94 bits per heavy atom. The number of hydrogen-bond donors (Lipinski definition) is 2. The molecule has 196 valence electrons. The number of carbonyl (C=O) groups excluding carboxylic acids is 2. The third kappa shape index (κ3) is 5.30. The van der Waals surface area contributed by atoms with Gasteiger partial charge in [-0.2, -0.15) is 0 Å². The van der Waals surface area contributed by atoms with Crippen molar-refractivity contribution < 1.29 is 28.9 Å². The molecule has 8 heteroatoms. The molecule has 8 nitrogen and oxygen atoms in total. The third-order valence-corrected chi connectivity index (χ3v) is 7.66. The molecule has 1 aromatic rings. The molecule has 2 saturated heterocycles. The molecular weight excluding hydrogens is 460 g/mol. The van der Waals surface area contributed by atoms with E-state index in [0.717, 1.165) is 28.1 Å². The lowest BCUT2D eigenvalue weighted by molar-refractivity contribution is -0.302. The van der Waals surface area contributed by atoms with Crippen LogP contribution >= 0.6 is 0 Å². The Kier molecular flexibility index (Phi) is 6.96. The van der Waals surface area contributed by atoms with Crippen molar-refractivity contribution in [3.05, 3.63) is 47.1 Å². The van der Waals surface area contributed by atoms with Crippen LogP contribution in [0.1, 0.15) is 64.0 Å². The number of rotatable bonds is 1. The molecule has 0 aromatic heterocycles. The SMILES string of the molecule is COc1cc2cc(c1C)N(C)C(=O)CC[C@@]1(C)C[C@@](C)(O1)[C@@H]1C[C@](O)(C/C=C/C=C(\C)C2)NC(=O)O1. The lowest BCUT2D eigenvalue weighted by Crippen LogP contribution is -2.68. The summed E-state index contributed by atoms with van der Waals surface area (Å²) >= 11 is 0. The van der Waals surface area contributed by atoms with E-state index in [1.54, 1.807) is 19.1 Å². The molecule has 0 aliphatic carbocycles. The van der Waals surface area contributed by atoms with E-state index in [-0.39, 0.29) is 18.7 Å².